The molecule has 3 aliphatic heterocycles. The fourth-order valence-corrected chi connectivity index (χ4v) is 7.50. The molecule has 3 saturated heterocycles. The van der Waals surface area contributed by atoms with Gasteiger partial charge < -0.3 is 19.5 Å². The van der Waals surface area contributed by atoms with Crippen LogP contribution >= 0.6 is 11.3 Å². The van der Waals surface area contributed by atoms with Gasteiger partial charge in [0, 0.05) is 31.9 Å². The Morgan fingerprint density at radius 2 is 1.68 bits per heavy atom. The zero-order valence-electron chi connectivity index (χ0n) is 20.3. The molecular weight excluding hydrogens is 531 g/mol. The van der Waals surface area contributed by atoms with E-state index in [9.17, 15) is 26.7 Å². The van der Waals surface area contributed by atoms with Crippen LogP contribution < -0.4 is 4.90 Å². The van der Waals surface area contributed by atoms with E-state index in [1.54, 1.807) is 29.6 Å². The Labute approximate surface area is 218 Å². The third-order valence-corrected chi connectivity index (χ3v) is 10.7. The number of rotatable bonds is 8. The molecule has 1 aromatic carbocycles. The van der Waals surface area contributed by atoms with Crippen LogP contribution in [0.4, 0.5) is 18.9 Å². The molecule has 2 unspecified atom stereocenters. The van der Waals surface area contributed by atoms with Gasteiger partial charge in [0.25, 0.3) is 10.0 Å². The molecule has 3 fully saturated rings. The third kappa shape index (κ3) is 5.14. The average Bonchev–Trinajstić information content (AvgIpc) is 3.32. The van der Waals surface area contributed by atoms with E-state index in [1.807, 2.05) is 0 Å². The fraction of sp³-hybridized carbons (Fsp3) is 0.583. The Morgan fingerprint density at radius 1 is 1.05 bits per heavy atom. The van der Waals surface area contributed by atoms with Crippen LogP contribution in [0.5, 0.6) is 0 Å². The summed E-state index contributed by atoms with van der Waals surface area (Å²) in [5.41, 5.74) is -2.54. The number of hydrogen-bond donors (Lipinski definition) is 1. The highest BCUT2D eigenvalue weighted by Gasteiger charge is 2.51. The van der Waals surface area contributed by atoms with Crippen molar-refractivity contribution in [2.75, 3.05) is 57.5 Å². The van der Waals surface area contributed by atoms with E-state index < -0.39 is 21.8 Å². The average molecular weight is 562 g/mol. The van der Waals surface area contributed by atoms with E-state index in [4.69, 9.17) is 9.47 Å². The van der Waals surface area contributed by atoms with Crippen molar-refractivity contribution in [2.45, 2.75) is 41.0 Å². The van der Waals surface area contributed by atoms with Crippen molar-refractivity contribution >= 4 is 27.0 Å². The Morgan fingerprint density at radius 3 is 2.16 bits per heavy atom. The predicted octanol–water partition coefficient (Wildman–Crippen LogP) is 2.50. The van der Waals surface area contributed by atoms with Crippen molar-refractivity contribution in [3.63, 3.8) is 0 Å². The second-order valence-electron chi connectivity index (χ2n) is 9.84. The summed E-state index contributed by atoms with van der Waals surface area (Å²) in [5.74, 6) is 0. The van der Waals surface area contributed by atoms with Crippen molar-refractivity contribution in [3.05, 3.63) is 47.3 Å². The third-order valence-electron chi connectivity index (χ3n) is 7.45. The summed E-state index contributed by atoms with van der Waals surface area (Å²) >= 11 is 1.17. The largest absolute Gasteiger partial charge is 0.421 e. The van der Waals surface area contributed by atoms with E-state index in [0.717, 1.165) is 6.92 Å². The van der Waals surface area contributed by atoms with Gasteiger partial charge in [-0.3, -0.25) is 4.90 Å². The zero-order valence-corrected chi connectivity index (χ0v) is 21.9. The highest BCUT2D eigenvalue weighted by molar-refractivity contribution is 7.91. The highest BCUT2D eigenvalue weighted by Crippen LogP contribution is 2.39. The van der Waals surface area contributed by atoms with Crippen LogP contribution in [-0.2, 0) is 25.1 Å². The molecule has 204 valence electrons. The first kappa shape index (κ1) is 26.9. The Balaban J connectivity index is 1.42. The lowest BCUT2D eigenvalue weighted by Crippen LogP contribution is -2.65. The zero-order chi connectivity index (χ0) is 26.4. The maximum Gasteiger partial charge on any atom is 0.421 e. The summed E-state index contributed by atoms with van der Waals surface area (Å²) in [4.78, 5) is 4.37. The number of ether oxygens (including phenoxy) is 2. The maximum atomic E-state index is 13.3. The molecule has 4 heterocycles. The van der Waals surface area contributed by atoms with Crippen LogP contribution in [0.2, 0.25) is 0 Å². The van der Waals surface area contributed by atoms with Crippen LogP contribution in [0.15, 0.2) is 46.0 Å². The van der Waals surface area contributed by atoms with E-state index >= 15 is 0 Å². The lowest BCUT2D eigenvalue weighted by Gasteiger charge is -2.50. The number of halogens is 3. The molecule has 5 rings (SSSR count). The standard InChI is InChI=1S/C24H30F3N3O5S2/c1-23(31,24(25,26)27)17-4-6-18(7-5-17)29-9-8-28(37(32,33)22-3-2-10-36-22)11-19(29)12-30(20-13-34-14-20)21-15-35-16-21/h2-7,10,19-21,31H,8-9,11-16H2,1H3. The first-order chi connectivity index (χ1) is 17.5. The lowest BCUT2D eigenvalue weighted by atomic mass is 9.95. The molecule has 8 nitrogen and oxygen atoms in total. The second kappa shape index (κ2) is 10.1. The van der Waals surface area contributed by atoms with Gasteiger partial charge in [-0.25, -0.2) is 8.42 Å². The first-order valence-corrected chi connectivity index (χ1v) is 14.4. The Hall–Kier alpha value is -1.74. The van der Waals surface area contributed by atoms with Crippen molar-refractivity contribution < 1.29 is 36.2 Å². The van der Waals surface area contributed by atoms with Gasteiger partial charge in [-0.1, -0.05) is 18.2 Å². The number of aliphatic hydroxyl groups is 1. The maximum absolute atomic E-state index is 13.3. The summed E-state index contributed by atoms with van der Waals surface area (Å²) in [7, 11) is -3.66. The van der Waals surface area contributed by atoms with E-state index in [-0.39, 0.29) is 41.0 Å². The molecule has 2 atom stereocenters. The predicted molar refractivity (Wildman–Crippen MR) is 132 cm³/mol. The molecule has 1 N–H and O–H groups in total. The molecule has 0 amide bonds. The molecule has 1 aromatic heterocycles. The van der Waals surface area contributed by atoms with E-state index in [0.29, 0.717) is 45.2 Å². The number of alkyl halides is 3. The van der Waals surface area contributed by atoms with Gasteiger partial charge in [0.05, 0.1) is 44.6 Å². The first-order valence-electron chi connectivity index (χ1n) is 12.1. The normalized spacial score (nSPS) is 24.1. The van der Waals surface area contributed by atoms with Gasteiger partial charge in [0.1, 0.15) is 4.21 Å². The Bertz CT molecular complexity index is 1150. The number of piperazine rings is 1. The summed E-state index contributed by atoms with van der Waals surface area (Å²) < 4.78 is 79.2. The van der Waals surface area contributed by atoms with Gasteiger partial charge in [-0.05, 0) is 36.1 Å². The summed E-state index contributed by atoms with van der Waals surface area (Å²) in [6, 6.07) is 9.17. The van der Waals surface area contributed by atoms with E-state index in [1.165, 1.54) is 27.8 Å². The summed E-state index contributed by atoms with van der Waals surface area (Å²) in [6.45, 7) is 4.55. The minimum atomic E-state index is -4.81. The second-order valence-corrected chi connectivity index (χ2v) is 13.0. The number of benzene rings is 1. The molecule has 0 aliphatic carbocycles. The monoisotopic (exact) mass is 561 g/mol. The Kier molecular flexibility index (Phi) is 7.33. The minimum Gasteiger partial charge on any atom is -0.378 e. The van der Waals surface area contributed by atoms with Gasteiger partial charge in [0.2, 0.25) is 0 Å². The molecule has 37 heavy (non-hydrogen) atoms. The lowest BCUT2D eigenvalue weighted by molar-refractivity contribution is -0.258. The van der Waals surface area contributed by atoms with Crippen molar-refractivity contribution in [2.24, 2.45) is 0 Å². The molecule has 0 radical (unpaired) electrons. The van der Waals surface area contributed by atoms with Crippen molar-refractivity contribution in [3.8, 4) is 0 Å². The molecule has 0 saturated carbocycles. The highest BCUT2D eigenvalue weighted by atomic mass is 32.2. The van der Waals surface area contributed by atoms with Crippen LogP contribution in [0, 0.1) is 0 Å². The summed E-state index contributed by atoms with van der Waals surface area (Å²) in [6.07, 6.45) is -4.81. The number of sulfonamides is 1. The van der Waals surface area contributed by atoms with Gasteiger partial charge in [-0.2, -0.15) is 17.5 Å². The van der Waals surface area contributed by atoms with Crippen LogP contribution in [-0.4, -0.2) is 99.6 Å². The molecule has 0 spiro atoms. The van der Waals surface area contributed by atoms with Crippen molar-refractivity contribution in [1.82, 2.24) is 9.21 Å². The van der Waals surface area contributed by atoms with Crippen LogP contribution in [0.3, 0.4) is 0 Å². The number of anilines is 1. The fourth-order valence-electron chi connectivity index (χ4n) is 4.89. The van der Waals surface area contributed by atoms with Crippen molar-refractivity contribution in [1.29, 1.82) is 0 Å². The van der Waals surface area contributed by atoms with Gasteiger partial charge in [-0.15, -0.1) is 11.3 Å². The van der Waals surface area contributed by atoms with Gasteiger partial charge >= 0.3 is 6.18 Å². The molecule has 0 bridgehead atoms. The smallest absolute Gasteiger partial charge is 0.378 e. The molecule has 2 aromatic rings. The summed E-state index contributed by atoms with van der Waals surface area (Å²) in [5, 5.41) is 11.8. The number of thiophene rings is 1. The number of hydrogen-bond acceptors (Lipinski definition) is 8. The minimum absolute atomic E-state index is 0.212. The van der Waals surface area contributed by atoms with Gasteiger partial charge in [0.15, 0.2) is 5.60 Å². The topological polar surface area (TPSA) is 82.6 Å². The molecular formula is C24H30F3N3O5S2. The van der Waals surface area contributed by atoms with Crippen LogP contribution in [0.25, 0.3) is 0 Å². The number of nitrogens with zero attached hydrogens (tertiary/aromatic N) is 3. The molecule has 13 heteroatoms. The quantitative estimate of drug-likeness (QED) is 0.531. The van der Waals surface area contributed by atoms with Crippen LogP contribution in [0.1, 0.15) is 12.5 Å². The van der Waals surface area contributed by atoms with E-state index in [2.05, 4.69) is 9.80 Å². The molecule has 3 aliphatic rings. The SMILES string of the molecule is CC(O)(c1ccc(N2CCN(S(=O)(=O)c3cccs3)CC2CN(C2COC2)C2COC2)cc1)C(F)(F)F.